The van der Waals surface area contributed by atoms with E-state index in [1.54, 1.807) is 6.29 Å². The summed E-state index contributed by atoms with van der Waals surface area (Å²) in [6.45, 7) is 7.53. The van der Waals surface area contributed by atoms with Gasteiger partial charge in [-0.05, 0) is 19.3 Å². The van der Waals surface area contributed by atoms with E-state index in [0.29, 0.717) is 19.8 Å². The van der Waals surface area contributed by atoms with E-state index in [0.717, 1.165) is 38.5 Å². The van der Waals surface area contributed by atoms with Crippen molar-refractivity contribution in [1.29, 1.82) is 0 Å². The quantitative estimate of drug-likeness (QED) is 0.227. The van der Waals surface area contributed by atoms with Crippen molar-refractivity contribution in [1.82, 2.24) is 0 Å². The Balaban J connectivity index is 0. The molecule has 0 radical (unpaired) electrons. The molecule has 19 heavy (non-hydrogen) atoms. The minimum absolute atomic E-state index is 0. The first kappa shape index (κ1) is 21.6. The largest absolute Gasteiger partial charge is 0.534 e. The summed E-state index contributed by atoms with van der Waals surface area (Å²) in [5.41, 5.74) is 0. The van der Waals surface area contributed by atoms with Gasteiger partial charge in [-0.1, -0.05) is 40.0 Å². The number of unbranched alkanes of at least 4 members (excludes halogenated alkanes) is 3. The molecular weight excluding hydrogens is 280 g/mol. The van der Waals surface area contributed by atoms with Crippen LogP contribution in [0.15, 0.2) is 0 Å². The summed E-state index contributed by atoms with van der Waals surface area (Å²) in [5, 5.41) is 0. The predicted octanol–water partition coefficient (Wildman–Crippen LogP) is 3.20. The van der Waals surface area contributed by atoms with Crippen molar-refractivity contribution in [3.05, 3.63) is 0 Å². The Morgan fingerprint density at radius 2 is 1.11 bits per heavy atom. The molecule has 0 N–H and O–H groups in total. The van der Waals surface area contributed by atoms with Gasteiger partial charge in [0.05, 0.1) is 0 Å². The normalized spacial score (nSPS) is 11.1. The molecule has 0 spiro atoms. The number of ether oxygens (including phenoxy) is 3. The van der Waals surface area contributed by atoms with Crippen LogP contribution in [0.1, 0.15) is 59.3 Å². The molecule has 0 amide bonds. The second kappa shape index (κ2) is 14.7. The van der Waals surface area contributed by atoms with E-state index in [4.69, 9.17) is 14.2 Å². The third kappa shape index (κ3) is 10.7. The molecule has 0 atom stereocenters. The summed E-state index contributed by atoms with van der Waals surface area (Å²) in [6.07, 6.45) is 7.39. The van der Waals surface area contributed by atoms with Gasteiger partial charge in [-0.2, -0.15) is 6.29 Å². The number of hydrogen-bond donors (Lipinski definition) is 0. The fourth-order valence-electron chi connectivity index (χ4n) is 1.27. The van der Waals surface area contributed by atoms with Crippen molar-refractivity contribution in [3.8, 4) is 0 Å². The van der Waals surface area contributed by atoms with Crippen LogP contribution in [-0.4, -0.2) is 32.1 Å². The van der Waals surface area contributed by atoms with E-state index >= 15 is 0 Å². The van der Waals surface area contributed by atoms with Gasteiger partial charge < -0.3 is 19.0 Å². The Morgan fingerprint density at radius 1 is 0.789 bits per heavy atom. The van der Waals surface area contributed by atoms with Crippen molar-refractivity contribution in [2.75, 3.05) is 19.8 Å². The molecule has 4 nitrogen and oxygen atoms in total. The van der Waals surface area contributed by atoms with E-state index in [1.165, 1.54) is 0 Å². The fourth-order valence-corrected chi connectivity index (χ4v) is 1.27. The van der Waals surface area contributed by atoms with Crippen LogP contribution in [0.4, 0.5) is 0 Å². The standard InChI is InChI=1S/C14H27O4.Ti/c1-4-7-10-16-14(13-15,17-11-8-5-2)18-12-9-6-3;/h4-12H2,1-3H3;/q-1;. The van der Waals surface area contributed by atoms with Crippen molar-refractivity contribution in [2.24, 2.45) is 0 Å². The van der Waals surface area contributed by atoms with E-state index in [-0.39, 0.29) is 21.7 Å². The molecule has 5 heteroatoms. The average molecular weight is 307 g/mol. The van der Waals surface area contributed by atoms with E-state index < -0.39 is 5.97 Å². The van der Waals surface area contributed by atoms with Crippen LogP contribution in [0.2, 0.25) is 0 Å². The van der Waals surface area contributed by atoms with Crippen molar-refractivity contribution in [2.45, 2.75) is 65.3 Å². The number of rotatable bonds is 13. The van der Waals surface area contributed by atoms with Crippen LogP contribution in [-0.2, 0) is 40.7 Å². The van der Waals surface area contributed by atoms with Gasteiger partial charge in [-0.15, -0.1) is 0 Å². The van der Waals surface area contributed by atoms with Crippen LogP contribution in [0.3, 0.4) is 0 Å². The number of carbonyl (C=O) groups excluding carboxylic acids is 1. The van der Waals surface area contributed by atoms with Gasteiger partial charge in [0.15, 0.2) is 5.97 Å². The van der Waals surface area contributed by atoms with Crippen LogP contribution < -0.4 is 0 Å². The van der Waals surface area contributed by atoms with E-state index in [9.17, 15) is 4.79 Å². The van der Waals surface area contributed by atoms with E-state index in [2.05, 4.69) is 20.8 Å². The smallest absolute Gasteiger partial charge is 0.177 e. The average Bonchev–Trinajstić information content (AvgIpc) is 2.39. The maximum atomic E-state index is 11.1. The summed E-state index contributed by atoms with van der Waals surface area (Å²) in [7, 11) is 0. The zero-order chi connectivity index (χ0) is 13.7. The third-order valence-electron chi connectivity index (χ3n) is 2.49. The van der Waals surface area contributed by atoms with Gasteiger partial charge >= 0.3 is 0 Å². The van der Waals surface area contributed by atoms with Crippen LogP contribution in [0.5, 0.6) is 0 Å². The van der Waals surface area contributed by atoms with Crippen molar-refractivity contribution < 1.29 is 40.7 Å². The molecule has 0 aliphatic carbocycles. The van der Waals surface area contributed by atoms with Gasteiger partial charge in [-0.3, -0.25) is 0 Å². The molecule has 0 fully saturated rings. The first-order valence-corrected chi connectivity index (χ1v) is 7.05. The second-order valence-electron chi connectivity index (χ2n) is 4.26. The van der Waals surface area contributed by atoms with Gasteiger partial charge in [0.25, 0.3) is 0 Å². The molecule has 0 aromatic rings. The zero-order valence-electron chi connectivity index (χ0n) is 12.5. The minimum atomic E-state index is -1.61. The SMILES string of the molecule is CCCCOC([C-]=O)(OCCCC)OCCCC.[Ti]. The first-order chi connectivity index (χ1) is 8.74. The minimum Gasteiger partial charge on any atom is -0.534 e. The maximum Gasteiger partial charge on any atom is 0.177 e. The summed E-state index contributed by atoms with van der Waals surface area (Å²) in [4.78, 5) is 11.1. The Labute approximate surface area is 132 Å². The summed E-state index contributed by atoms with van der Waals surface area (Å²) >= 11 is 0. The zero-order valence-corrected chi connectivity index (χ0v) is 14.1. The van der Waals surface area contributed by atoms with Gasteiger partial charge in [0, 0.05) is 41.5 Å². The maximum absolute atomic E-state index is 11.1. The van der Waals surface area contributed by atoms with Gasteiger partial charge in [-0.25, -0.2) is 0 Å². The molecule has 0 aromatic carbocycles. The van der Waals surface area contributed by atoms with Crippen LogP contribution in [0.25, 0.3) is 0 Å². The monoisotopic (exact) mass is 307 g/mol. The third-order valence-corrected chi connectivity index (χ3v) is 2.49. The summed E-state index contributed by atoms with van der Waals surface area (Å²) < 4.78 is 16.3. The molecule has 112 valence electrons. The molecule has 0 bridgehead atoms. The van der Waals surface area contributed by atoms with E-state index in [1.807, 2.05) is 0 Å². The van der Waals surface area contributed by atoms with Crippen molar-refractivity contribution >= 4 is 6.29 Å². The van der Waals surface area contributed by atoms with Crippen LogP contribution >= 0.6 is 0 Å². The molecule has 0 saturated heterocycles. The summed E-state index contributed by atoms with van der Waals surface area (Å²) in [5.74, 6) is -1.61. The van der Waals surface area contributed by atoms with Gasteiger partial charge in [0.1, 0.15) is 0 Å². The molecule has 0 heterocycles. The Kier molecular flexibility index (Phi) is 16.6. The first-order valence-electron chi connectivity index (χ1n) is 7.05. The second-order valence-corrected chi connectivity index (χ2v) is 4.26. The predicted molar refractivity (Wildman–Crippen MR) is 71.0 cm³/mol. The van der Waals surface area contributed by atoms with Gasteiger partial charge in [0.2, 0.25) is 0 Å². The molecule has 0 aliphatic heterocycles. The molecule has 0 unspecified atom stereocenters. The Morgan fingerprint density at radius 3 is 1.32 bits per heavy atom. The molecule has 0 rings (SSSR count). The Bertz CT molecular complexity index is 173. The number of hydrogen-bond acceptors (Lipinski definition) is 4. The fraction of sp³-hybridized carbons (Fsp3) is 0.929. The Hall–Kier alpha value is 0.264. The van der Waals surface area contributed by atoms with Crippen molar-refractivity contribution in [3.63, 3.8) is 0 Å². The topological polar surface area (TPSA) is 44.8 Å². The van der Waals surface area contributed by atoms with Crippen LogP contribution in [0, 0.1) is 0 Å². The molecule has 0 aromatic heterocycles. The molecule has 0 aliphatic rings. The summed E-state index contributed by atoms with van der Waals surface area (Å²) in [6, 6.07) is 0. The molecular formula is C14H27O4Ti-. The molecule has 0 saturated carbocycles.